The topological polar surface area (TPSA) is 86.8 Å². The number of piperazine rings is 1. The molecule has 1 saturated heterocycles. The van der Waals surface area contributed by atoms with Crippen molar-refractivity contribution < 1.29 is 18.0 Å². The van der Waals surface area contributed by atoms with Gasteiger partial charge in [0, 0.05) is 44.7 Å². The maximum atomic E-state index is 13.0. The van der Waals surface area contributed by atoms with Crippen LogP contribution >= 0.6 is 0 Å². The maximum absolute atomic E-state index is 13.0. The second-order valence-electron chi connectivity index (χ2n) is 8.14. The lowest BCUT2D eigenvalue weighted by molar-refractivity contribution is -0.129. The van der Waals surface area contributed by atoms with Crippen LogP contribution in [0, 0.1) is 5.92 Å². The molecule has 2 rings (SSSR count). The van der Waals surface area contributed by atoms with Crippen LogP contribution in [0.2, 0.25) is 0 Å². The lowest BCUT2D eigenvalue weighted by Crippen LogP contribution is -2.49. The molecule has 0 bridgehead atoms. The first-order valence-corrected chi connectivity index (χ1v) is 11.7. The number of sulfonamides is 1. The number of amides is 2. The molecule has 1 aromatic carbocycles. The van der Waals surface area contributed by atoms with Gasteiger partial charge in [0.15, 0.2) is 0 Å². The Morgan fingerprint density at radius 1 is 1.07 bits per heavy atom. The molecule has 1 N–H and O–H groups in total. The van der Waals surface area contributed by atoms with Gasteiger partial charge in [-0.2, -0.15) is 4.31 Å². The van der Waals surface area contributed by atoms with Gasteiger partial charge < -0.3 is 10.2 Å². The molecule has 1 atom stereocenters. The zero-order valence-corrected chi connectivity index (χ0v) is 18.7. The van der Waals surface area contributed by atoms with Crippen molar-refractivity contribution in [3.63, 3.8) is 0 Å². The first-order valence-electron chi connectivity index (χ1n) is 10.3. The highest BCUT2D eigenvalue weighted by molar-refractivity contribution is 7.89. The van der Waals surface area contributed by atoms with Crippen molar-refractivity contribution >= 4 is 21.8 Å². The van der Waals surface area contributed by atoms with Crippen molar-refractivity contribution in [1.29, 1.82) is 0 Å². The van der Waals surface area contributed by atoms with Crippen LogP contribution in [0.4, 0.5) is 0 Å². The monoisotopic (exact) mass is 423 g/mol. The van der Waals surface area contributed by atoms with Crippen molar-refractivity contribution in [2.45, 2.75) is 57.9 Å². The van der Waals surface area contributed by atoms with Crippen molar-refractivity contribution in [2.75, 3.05) is 26.2 Å². The minimum Gasteiger partial charge on any atom is -0.350 e. The van der Waals surface area contributed by atoms with Gasteiger partial charge in [0.1, 0.15) is 0 Å². The Balaban J connectivity index is 2.02. The average Bonchev–Trinajstić information content (AvgIpc) is 2.67. The second kappa shape index (κ2) is 10.2. The summed E-state index contributed by atoms with van der Waals surface area (Å²) in [4.78, 5) is 25.7. The molecule has 1 aliphatic heterocycles. The van der Waals surface area contributed by atoms with E-state index in [0.29, 0.717) is 24.6 Å². The molecule has 1 fully saturated rings. The summed E-state index contributed by atoms with van der Waals surface area (Å²) in [6, 6.07) is 6.19. The quantitative estimate of drug-likeness (QED) is 0.696. The number of hydrogen-bond donors (Lipinski definition) is 1. The summed E-state index contributed by atoms with van der Waals surface area (Å²) in [5.74, 6) is 0.320. The Morgan fingerprint density at radius 3 is 2.31 bits per heavy atom. The Morgan fingerprint density at radius 2 is 1.72 bits per heavy atom. The van der Waals surface area contributed by atoms with Crippen LogP contribution in [0.3, 0.4) is 0 Å². The zero-order valence-electron chi connectivity index (χ0n) is 17.8. The van der Waals surface area contributed by atoms with Gasteiger partial charge in [-0.1, -0.05) is 32.8 Å². The number of hydrogen-bond acceptors (Lipinski definition) is 4. The minimum atomic E-state index is -3.70. The van der Waals surface area contributed by atoms with Gasteiger partial charge in [-0.15, -0.1) is 0 Å². The van der Waals surface area contributed by atoms with Crippen LogP contribution in [-0.4, -0.2) is 61.7 Å². The summed E-state index contributed by atoms with van der Waals surface area (Å²) in [5.41, 5.74) is 0.337. The van der Waals surface area contributed by atoms with Crippen molar-refractivity contribution in [1.82, 2.24) is 14.5 Å². The molecule has 2 amide bonds. The van der Waals surface area contributed by atoms with E-state index in [4.69, 9.17) is 0 Å². The smallest absolute Gasteiger partial charge is 0.251 e. The van der Waals surface area contributed by atoms with E-state index in [1.54, 1.807) is 17.0 Å². The molecular weight excluding hydrogens is 390 g/mol. The first kappa shape index (κ1) is 23.3. The van der Waals surface area contributed by atoms with E-state index in [1.807, 2.05) is 6.92 Å². The number of carbonyl (C=O) groups excluding carboxylic acids is 2. The van der Waals surface area contributed by atoms with Crippen LogP contribution in [0.1, 0.15) is 57.3 Å². The number of rotatable bonds is 8. The lowest BCUT2D eigenvalue weighted by atomic mass is 10.0. The minimum absolute atomic E-state index is 0.0289. The Hall–Kier alpha value is -1.93. The van der Waals surface area contributed by atoms with Crippen molar-refractivity contribution in [3.05, 3.63) is 29.8 Å². The summed E-state index contributed by atoms with van der Waals surface area (Å²) < 4.78 is 27.3. The largest absolute Gasteiger partial charge is 0.350 e. The first-order chi connectivity index (χ1) is 13.6. The van der Waals surface area contributed by atoms with E-state index in [1.165, 1.54) is 23.4 Å². The molecule has 0 spiro atoms. The van der Waals surface area contributed by atoms with E-state index < -0.39 is 10.0 Å². The molecule has 8 heteroatoms. The fraction of sp³-hybridized carbons (Fsp3) is 0.619. The lowest BCUT2D eigenvalue weighted by Gasteiger charge is -2.33. The SMILES string of the molecule is CC(=O)N1CCN(S(=O)(=O)c2cccc(C(=O)NC(C)CCCC(C)C)c2)CC1. The van der Waals surface area contributed by atoms with E-state index >= 15 is 0 Å². The third-order valence-electron chi connectivity index (χ3n) is 5.21. The van der Waals surface area contributed by atoms with Gasteiger partial charge in [-0.25, -0.2) is 8.42 Å². The maximum Gasteiger partial charge on any atom is 0.251 e. The van der Waals surface area contributed by atoms with Gasteiger partial charge >= 0.3 is 0 Å². The van der Waals surface area contributed by atoms with E-state index in [2.05, 4.69) is 19.2 Å². The molecule has 7 nitrogen and oxygen atoms in total. The van der Waals surface area contributed by atoms with Gasteiger partial charge in [0.25, 0.3) is 5.91 Å². The molecular formula is C21H33N3O4S. The fourth-order valence-electron chi connectivity index (χ4n) is 3.40. The summed E-state index contributed by atoms with van der Waals surface area (Å²) >= 11 is 0. The molecule has 0 radical (unpaired) electrons. The standard InChI is InChI=1S/C21H33N3O4S/c1-16(2)7-5-8-17(3)22-21(26)19-9-6-10-20(15-19)29(27,28)24-13-11-23(12-14-24)18(4)25/h6,9-10,15-17H,5,7-8,11-14H2,1-4H3,(H,22,26). The van der Waals surface area contributed by atoms with E-state index in [-0.39, 0.29) is 35.8 Å². The molecule has 29 heavy (non-hydrogen) atoms. The Bertz CT molecular complexity index is 815. The predicted octanol–water partition coefficient (Wildman–Crippen LogP) is 2.48. The van der Waals surface area contributed by atoms with E-state index in [9.17, 15) is 18.0 Å². The molecule has 1 aliphatic rings. The molecule has 1 aromatic rings. The summed E-state index contributed by atoms with van der Waals surface area (Å²) in [6.07, 6.45) is 3.05. The highest BCUT2D eigenvalue weighted by atomic mass is 32.2. The van der Waals surface area contributed by atoms with Crippen LogP contribution in [0.5, 0.6) is 0 Å². The van der Waals surface area contributed by atoms with Gasteiger partial charge in [0.2, 0.25) is 15.9 Å². The summed E-state index contributed by atoms with van der Waals surface area (Å²) in [6.45, 7) is 9.06. The summed E-state index contributed by atoms with van der Waals surface area (Å²) in [7, 11) is -3.70. The highest BCUT2D eigenvalue weighted by Crippen LogP contribution is 2.19. The number of benzene rings is 1. The van der Waals surface area contributed by atoms with Crippen LogP contribution in [0.15, 0.2) is 29.2 Å². The number of nitrogens with zero attached hydrogens (tertiary/aromatic N) is 2. The molecule has 0 aliphatic carbocycles. The normalized spacial score (nSPS) is 16.7. The van der Waals surface area contributed by atoms with E-state index in [0.717, 1.165) is 19.3 Å². The zero-order chi connectivity index (χ0) is 21.6. The fourth-order valence-corrected chi connectivity index (χ4v) is 4.87. The van der Waals surface area contributed by atoms with Crippen LogP contribution < -0.4 is 5.32 Å². The number of nitrogens with one attached hydrogen (secondary N) is 1. The average molecular weight is 424 g/mol. The van der Waals surface area contributed by atoms with Gasteiger partial charge in [-0.05, 0) is 37.5 Å². The Labute approximate surface area is 174 Å². The molecule has 162 valence electrons. The van der Waals surface area contributed by atoms with Crippen LogP contribution in [0.25, 0.3) is 0 Å². The second-order valence-corrected chi connectivity index (χ2v) is 10.1. The van der Waals surface area contributed by atoms with Crippen LogP contribution in [-0.2, 0) is 14.8 Å². The predicted molar refractivity (Wildman–Crippen MR) is 113 cm³/mol. The number of carbonyl (C=O) groups is 2. The molecule has 1 heterocycles. The third-order valence-corrected chi connectivity index (χ3v) is 7.11. The Kier molecular flexibility index (Phi) is 8.22. The third kappa shape index (κ3) is 6.54. The van der Waals surface area contributed by atoms with Gasteiger partial charge in [-0.3, -0.25) is 9.59 Å². The molecule has 0 aromatic heterocycles. The highest BCUT2D eigenvalue weighted by Gasteiger charge is 2.29. The molecule has 1 unspecified atom stereocenters. The summed E-state index contributed by atoms with van der Waals surface area (Å²) in [5, 5.41) is 2.95. The van der Waals surface area contributed by atoms with Gasteiger partial charge in [0.05, 0.1) is 4.90 Å². The van der Waals surface area contributed by atoms with Crippen molar-refractivity contribution in [3.8, 4) is 0 Å². The van der Waals surface area contributed by atoms with Crippen molar-refractivity contribution in [2.24, 2.45) is 5.92 Å². The molecule has 0 saturated carbocycles.